The summed E-state index contributed by atoms with van der Waals surface area (Å²) in [6, 6.07) is 15.1. The van der Waals surface area contributed by atoms with E-state index >= 15 is 0 Å². The van der Waals surface area contributed by atoms with Crippen LogP contribution in [0, 0.1) is 0 Å². The average Bonchev–Trinajstić information content (AvgIpc) is 2.72. The SMILES string of the molecule is O=C1NC(=O)c2c(-c3ccncc3)c(-c3ccncc3)cc3cccc1c23. The van der Waals surface area contributed by atoms with Crippen LogP contribution in [-0.4, -0.2) is 21.8 Å². The molecule has 5 rings (SSSR count). The van der Waals surface area contributed by atoms with Gasteiger partial charge in [-0.3, -0.25) is 24.9 Å². The molecule has 0 radical (unpaired) electrons. The Hall–Kier alpha value is -3.86. The van der Waals surface area contributed by atoms with Crippen molar-refractivity contribution in [3.05, 3.63) is 84.4 Å². The maximum Gasteiger partial charge on any atom is 0.259 e. The molecule has 0 atom stereocenters. The van der Waals surface area contributed by atoms with Crippen molar-refractivity contribution in [1.82, 2.24) is 15.3 Å². The fourth-order valence-electron chi connectivity index (χ4n) is 3.68. The zero-order valence-corrected chi connectivity index (χ0v) is 14.1. The molecule has 5 nitrogen and oxygen atoms in total. The van der Waals surface area contributed by atoms with Gasteiger partial charge >= 0.3 is 0 Å². The number of hydrogen-bond donors (Lipinski definition) is 1. The fraction of sp³-hybridized carbons (Fsp3) is 0. The van der Waals surface area contributed by atoms with Crippen molar-refractivity contribution in [2.45, 2.75) is 0 Å². The molecule has 0 spiro atoms. The first kappa shape index (κ1) is 15.4. The van der Waals surface area contributed by atoms with Gasteiger partial charge < -0.3 is 0 Å². The number of nitrogens with zero attached hydrogens (tertiary/aromatic N) is 2. The summed E-state index contributed by atoms with van der Waals surface area (Å²) in [5.74, 6) is -0.748. The minimum absolute atomic E-state index is 0.365. The van der Waals surface area contributed by atoms with Gasteiger partial charge in [-0.1, -0.05) is 12.1 Å². The number of nitrogens with one attached hydrogen (secondary N) is 1. The molecule has 2 aromatic heterocycles. The highest BCUT2D eigenvalue weighted by Gasteiger charge is 2.29. The van der Waals surface area contributed by atoms with Gasteiger partial charge in [-0.05, 0) is 58.5 Å². The van der Waals surface area contributed by atoms with Crippen molar-refractivity contribution < 1.29 is 9.59 Å². The van der Waals surface area contributed by atoms with Gasteiger partial charge in [-0.25, -0.2) is 0 Å². The highest BCUT2D eigenvalue weighted by atomic mass is 16.2. The number of rotatable bonds is 2. The monoisotopic (exact) mass is 351 g/mol. The van der Waals surface area contributed by atoms with Crippen LogP contribution >= 0.6 is 0 Å². The van der Waals surface area contributed by atoms with Crippen LogP contribution in [-0.2, 0) is 0 Å². The van der Waals surface area contributed by atoms with E-state index in [9.17, 15) is 9.59 Å². The van der Waals surface area contributed by atoms with Gasteiger partial charge in [-0.15, -0.1) is 0 Å². The third kappa shape index (κ3) is 2.33. The summed E-state index contributed by atoms with van der Waals surface area (Å²) in [5, 5.41) is 4.03. The fourth-order valence-corrected chi connectivity index (χ4v) is 3.68. The molecule has 0 aliphatic carbocycles. The second-order valence-corrected chi connectivity index (χ2v) is 6.33. The minimum atomic E-state index is -0.383. The second kappa shape index (κ2) is 5.85. The minimum Gasteiger partial charge on any atom is -0.288 e. The first-order valence-corrected chi connectivity index (χ1v) is 8.50. The average molecular weight is 351 g/mol. The van der Waals surface area contributed by atoms with Gasteiger partial charge in [0.25, 0.3) is 11.8 Å². The van der Waals surface area contributed by atoms with Gasteiger partial charge in [0.1, 0.15) is 0 Å². The Balaban J connectivity index is 1.99. The first-order valence-electron chi connectivity index (χ1n) is 8.50. The molecule has 3 heterocycles. The number of hydrogen-bond acceptors (Lipinski definition) is 4. The lowest BCUT2D eigenvalue weighted by molar-refractivity contribution is 0.0845. The summed E-state index contributed by atoms with van der Waals surface area (Å²) in [6.07, 6.45) is 6.84. The number of pyridine rings is 2. The zero-order valence-electron chi connectivity index (χ0n) is 14.1. The molecule has 0 unspecified atom stereocenters. The maximum atomic E-state index is 12.9. The molecule has 2 aromatic carbocycles. The van der Waals surface area contributed by atoms with Crippen LogP contribution in [0.4, 0.5) is 0 Å². The Kier molecular flexibility index (Phi) is 3.33. The lowest BCUT2D eigenvalue weighted by Crippen LogP contribution is -2.35. The molecule has 4 aromatic rings. The first-order chi connectivity index (χ1) is 13.2. The van der Waals surface area contributed by atoms with Gasteiger partial charge in [0, 0.05) is 41.3 Å². The normalized spacial score (nSPS) is 12.9. The molecule has 128 valence electrons. The van der Waals surface area contributed by atoms with Crippen LogP contribution < -0.4 is 5.32 Å². The van der Waals surface area contributed by atoms with Crippen LogP contribution in [0.15, 0.2) is 73.3 Å². The largest absolute Gasteiger partial charge is 0.288 e. The van der Waals surface area contributed by atoms with E-state index in [2.05, 4.69) is 15.3 Å². The predicted molar refractivity (Wildman–Crippen MR) is 102 cm³/mol. The van der Waals surface area contributed by atoms with Crippen molar-refractivity contribution in [3.8, 4) is 22.3 Å². The van der Waals surface area contributed by atoms with Crippen LogP contribution in [0.25, 0.3) is 33.0 Å². The van der Waals surface area contributed by atoms with Crippen LogP contribution in [0.3, 0.4) is 0 Å². The maximum absolute atomic E-state index is 12.9. The molecule has 5 heteroatoms. The highest BCUT2D eigenvalue weighted by Crippen LogP contribution is 2.41. The number of carbonyl (C=O) groups excluding carboxylic acids is 2. The zero-order chi connectivity index (χ0) is 18.4. The third-order valence-electron chi connectivity index (χ3n) is 4.82. The molecular weight excluding hydrogens is 338 g/mol. The summed E-state index contributed by atoms with van der Waals surface area (Å²) in [6.45, 7) is 0. The van der Waals surface area contributed by atoms with Crippen molar-refractivity contribution in [2.24, 2.45) is 0 Å². The summed E-state index contributed by atoms with van der Waals surface area (Å²) >= 11 is 0. The van der Waals surface area contributed by atoms with E-state index < -0.39 is 0 Å². The van der Waals surface area contributed by atoms with E-state index in [1.807, 2.05) is 42.5 Å². The molecule has 0 bridgehead atoms. The van der Waals surface area contributed by atoms with Gasteiger partial charge in [0.2, 0.25) is 0 Å². The van der Waals surface area contributed by atoms with Crippen molar-refractivity contribution >= 4 is 22.6 Å². The van der Waals surface area contributed by atoms with E-state index in [-0.39, 0.29) is 11.8 Å². The van der Waals surface area contributed by atoms with Gasteiger partial charge in [0.15, 0.2) is 0 Å². The van der Waals surface area contributed by atoms with Crippen molar-refractivity contribution in [3.63, 3.8) is 0 Å². The number of carbonyl (C=O) groups is 2. The van der Waals surface area contributed by atoms with E-state index in [0.29, 0.717) is 16.5 Å². The molecule has 1 N–H and O–H groups in total. The Bertz CT molecular complexity index is 1220. The summed E-state index contributed by atoms with van der Waals surface area (Å²) < 4.78 is 0. The number of aromatic nitrogens is 2. The lowest BCUT2D eigenvalue weighted by atomic mass is 9.84. The molecule has 0 saturated heterocycles. The van der Waals surface area contributed by atoms with Gasteiger partial charge in [0.05, 0.1) is 5.56 Å². The Morgan fingerprint density at radius 3 is 2.04 bits per heavy atom. The Morgan fingerprint density at radius 1 is 0.667 bits per heavy atom. The van der Waals surface area contributed by atoms with E-state index in [4.69, 9.17) is 0 Å². The lowest BCUT2D eigenvalue weighted by Gasteiger charge is -2.22. The topological polar surface area (TPSA) is 72.0 Å². The standard InChI is InChI=1S/C22H13N3O2/c26-21-16-3-1-2-15-12-17(13-4-8-23-9-5-13)18(14-6-10-24-11-7-14)20(19(15)16)22(27)25-21/h1-12H,(H,25,26,27). The molecular formula is C22H13N3O2. The van der Waals surface area contributed by atoms with Crippen LogP contribution in [0.2, 0.25) is 0 Å². The van der Waals surface area contributed by atoms with E-state index in [1.165, 1.54) is 0 Å². The van der Waals surface area contributed by atoms with Crippen LogP contribution in [0.5, 0.6) is 0 Å². The van der Waals surface area contributed by atoms with Crippen molar-refractivity contribution in [2.75, 3.05) is 0 Å². The Labute approximate surface area is 154 Å². The molecule has 0 fully saturated rings. The molecule has 1 aliphatic heterocycles. The summed E-state index contributed by atoms with van der Waals surface area (Å²) in [7, 11) is 0. The Morgan fingerprint density at radius 2 is 1.33 bits per heavy atom. The van der Waals surface area contributed by atoms with E-state index in [0.717, 1.165) is 27.6 Å². The smallest absolute Gasteiger partial charge is 0.259 e. The number of benzene rings is 2. The second-order valence-electron chi connectivity index (χ2n) is 6.33. The van der Waals surface area contributed by atoms with Crippen LogP contribution in [0.1, 0.15) is 20.7 Å². The molecule has 1 aliphatic rings. The third-order valence-corrected chi connectivity index (χ3v) is 4.82. The van der Waals surface area contributed by atoms with Crippen molar-refractivity contribution in [1.29, 1.82) is 0 Å². The van der Waals surface area contributed by atoms with E-state index in [1.54, 1.807) is 30.9 Å². The predicted octanol–water partition coefficient (Wildman–Crippen LogP) is 3.85. The summed E-state index contributed by atoms with van der Waals surface area (Å²) in [5.41, 5.74) is 4.54. The highest BCUT2D eigenvalue weighted by molar-refractivity contribution is 6.29. The molecule has 2 amide bonds. The summed E-state index contributed by atoms with van der Waals surface area (Å²) in [4.78, 5) is 33.4. The number of imide groups is 1. The molecule has 27 heavy (non-hydrogen) atoms. The number of amides is 2. The quantitative estimate of drug-likeness (QED) is 0.557. The van der Waals surface area contributed by atoms with Gasteiger partial charge in [-0.2, -0.15) is 0 Å². The molecule has 0 saturated carbocycles.